The molecule has 0 aromatic carbocycles. The lowest BCUT2D eigenvalue weighted by Crippen LogP contribution is -2.52. The van der Waals surface area contributed by atoms with Gasteiger partial charge >= 0.3 is 0 Å². The number of rotatable bonds is 4. The number of carbonyl (C=O) groups excluding carboxylic acids is 1. The highest BCUT2D eigenvalue weighted by Gasteiger charge is 2.35. The normalized spacial score (nSPS) is 21.6. The van der Waals surface area contributed by atoms with Gasteiger partial charge < -0.3 is 15.6 Å². The van der Waals surface area contributed by atoms with Crippen LogP contribution in [0.2, 0.25) is 0 Å². The Bertz CT molecular complexity index is 487. The second kappa shape index (κ2) is 4.94. The number of hydrogen-bond donors (Lipinski definition) is 2. The van der Waals surface area contributed by atoms with E-state index in [0.29, 0.717) is 12.6 Å². The third kappa shape index (κ3) is 2.58. The molecule has 0 atom stereocenters. The van der Waals surface area contributed by atoms with Crippen LogP contribution in [0.4, 0.5) is 0 Å². The van der Waals surface area contributed by atoms with Gasteiger partial charge in [0, 0.05) is 23.3 Å². The minimum atomic E-state index is -0.178. The first-order valence-corrected chi connectivity index (χ1v) is 7.83. The fourth-order valence-corrected chi connectivity index (χ4v) is 3.46. The predicted octanol–water partition coefficient (Wildman–Crippen LogP) is 2.59. The highest BCUT2D eigenvalue weighted by molar-refractivity contribution is 9.10. The smallest absolute Gasteiger partial charge is 0.268 e. The second-order valence-corrected chi connectivity index (χ2v) is 6.74. The van der Waals surface area contributed by atoms with Crippen LogP contribution in [0.1, 0.15) is 55.1 Å². The van der Waals surface area contributed by atoms with Crippen molar-refractivity contribution in [1.82, 2.24) is 9.88 Å². The van der Waals surface area contributed by atoms with E-state index in [-0.39, 0.29) is 11.4 Å². The van der Waals surface area contributed by atoms with Gasteiger partial charge in [0.2, 0.25) is 0 Å². The predicted molar refractivity (Wildman–Crippen MR) is 78.1 cm³/mol. The Kier molecular flexibility index (Phi) is 3.43. The van der Waals surface area contributed by atoms with Gasteiger partial charge in [-0.2, -0.15) is 0 Å². The first-order chi connectivity index (χ1) is 9.13. The molecule has 0 spiro atoms. The van der Waals surface area contributed by atoms with Crippen LogP contribution in [0, 0.1) is 0 Å². The number of nitrogens with one attached hydrogen (secondary N) is 1. The fraction of sp³-hybridized carbons (Fsp3) is 0.643. The molecule has 2 fully saturated rings. The van der Waals surface area contributed by atoms with Crippen molar-refractivity contribution in [2.75, 3.05) is 6.54 Å². The molecule has 3 N–H and O–H groups in total. The van der Waals surface area contributed by atoms with Crippen molar-refractivity contribution >= 4 is 21.8 Å². The summed E-state index contributed by atoms with van der Waals surface area (Å²) in [7, 11) is 0. The SMILES string of the molecule is NCC1(NC(=O)c2cc(Br)cn2C2CC2)CCCC1. The van der Waals surface area contributed by atoms with Crippen LogP contribution in [0.25, 0.3) is 0 Å². The van der Waals surface area contributed by atoms with Crippen molar-refractivity contribution in [3.63, 3.8) is 0 Å². The summed E-state index contributed by atoms with van der Waals surface area (Å²) in [5.41, 5.74) is 6.46. The van der Waals surface area contributed by atoms with Gasteiger partial charge in [-0.1, -0.05) is 12.8 Å². The van der Waals surface area contributed by atoms with Crippen LogP contribution in [0.5, 0.6) is 0 Å². The molecule has 1 aromatic heterocycles. The highest BCUT2D eigenvalue weighted by atomic mass is 79.9. The molecule has 1 heterocycles. The molecule has 4 nitrogen and oxygen atoms in total. The fourth-order valence-electron chi connectivity index (χ4n) is 3.02. The van der Waals surface area contributed by atoms with Gasteiger partial charge in [0.15, 0.2) is 0 Å². The van der Waals surface area contributed by atoms with Crippen LogP contribution >= 0.6 is 15.9 Å². The average Bonchev–Trinajstić information content (AvgIpc) is 3.01. The maximum atomic E-state index is 12.5. The van der Waals surface area contributed by atoms with E-state index in [0.717, 1.165) is 35.8 Å². The number of nitrogens with two attached hydrogens (primary N) is 1. The molecule has 2 aliphatic rings. The van der Waals surface area contributed by atoms with Gasteiger partial charge in [-0.15, -0.1) is 0 Å². The maximum absolute atomic E-state index is 12.5. The third-order valence-electron chi connectivity index (χ3n) is 4.32. The standard InChI is InChI=1S/C14H20BrN3O/c15-10-7-12(18(8-10)11-3-4-11)13(19)17-14(9-16)5-1-2-6-14/h7-8,11H,1-6,9,16H2,(H,17,19). The van der Waals surface area contributed by atoms with Crippen molar-refractivity contribution < 1.29 is 4.79 Å². The molecule has 3 rings (SSSR count). The molecule has 0 saturated heterocycles. The Balaban J connectivity index is 1.80. The molecule has 2 aliphatic carbocycles. The van der Waals surface area contributed by atoms with E-state index in [1.54, 1.807) is 0 Å². The first-order valence-electron chi connectivity index (χ1n) is 7.03. The Labute approximate surface area is 121 Å². The number of carbonyl (C=O) groups is 1. The van der Waals surface area contributed by atoms with E-state index < -0.39 is 0 Å². The number of nitrogens with zero attached hydrogens (tertiary/aromatic N) is 1. The minimum Gasteiger partial charge on any atom is -0.344 e. The largest absolute Gasteiger partial charge is 0.344 e. The molecule has 5 heteroatoms. The molecule has 19 heavy (non-hydrogen) atoms. The van der Waals surface area contributed by atoms with Crippen LogP contribution in [0.3, 0.4) is 0 Å². The molecule has 1 amide bonds. The molecule has 0 unspecified atom stereocenters. The topological polar surface area (TPSA) is 60.0 Å². The molecule has 0 radical (unpaired) electrons. The molecule has 2 saturated carbocycles. The van der Waals surface area contributed by atoms with Crippen molar-refractivity contribution in [1.29, 1.82) is 0 Å². The zero-order valence-electron chi connectivity index (χ0n) is 11.0. The van der Waals surface area contributed by atoms with E-state index in [2.05, 4.69) is 25.8 Å². The Hall–Kier alpha value is -0.810. The van der Waals surface area contributed by atoms with Crippen molar-refractivity contribution in [2.24, 2.45) is 5.73 Å². The van der Waals surface area contributed by atoms with Crippen LogP contribution < -0.4 is 11.1 Å². The van der Waals surface area contributed by atoms with Crippen LogP contribution in [0.15, 0.2) is 16.7 Å². The summed E-state index contributed by atoms with van der Waals surface area (Å²) >= 11 is 3.47. The summed E-state index contributed by atoms with van der Waals surface area (Å²) in [6.07, 6.45) is 8.67. The lowest BCUT2D eigenvalue weighted by molar-refractivity contribution is 0.0893. The summed E-state index contributed by atoms with van der Waals surface area (Å²) in [6, 6.07) is 2.41. The summed E-state index contributed by atoms with van der Waals surface area (Å²) < 4.78 is 3.07. The number of aromatic nitrogens is 1. The van der Waals surface area contributed by atoms with Gasteiger partial charge in [-0.3, -0.25) is 4.79 Å². The van der Waals surface area contributed by atoms with E-state index >= 15 is 0 Å². The summed E-state index contributed by atoms with van der Waals surface area (Å²) in [5, 5.41) is 3.19. The van der Waals surface area contributed by atoms with Gasteiger partial charge in [-0.25, -0.2) is 0 Å². The summed E-state index contributed by atoms with van der Waals surface area (Å²) in [4.78, 5) is 12.5. The van der Waals surface area contributed by atoms with Gasteiger partial charge in [0.05, 0.1) is 5.54 Å². The molecule has 0 aliphatic heterocycles. The molecule has 0 bridgehead atoms. The third-order valence-corrected chi connectivity index (χ3v) is 4.75. The Morgan fingerprint density at radius 2 is 2.16 bits per heavy atom. The summed E-state index contributed by atoms with van der Waals surface area (Å²) in [5.74, 6) is 0.0185. The van der Waals surface area contributed by atoms with Crippen LogP contribution in [-0.4, -0.2) is 22.6 Å². The lowest BCUT2D eigenvalue weighted by Gasteiger charge is -2.28. The Morgan fingerprint density at radius 1 is 1.47 bits per heavy atom. The molecule has 1 aromatic rings. The highest BCUT2D eigenvalue weighted by Crippen LogP contribution is 2.38. The van der Waals surface area contributed by atoms with Gasteiger partial charge in [0.1, 0.15) is 5.69 Å². The van der Waals surface area contributed by atoms with Gasteiger partial charge in [0.25, 0.3) is 5.91 Å². The van der Waals surface area contributed by atoms with E-state index in [1.807, 2.05) is 12.3 Å². The Morgan fingerprint density at radius 3 is 2.74 bits per heavy atom. The average molecular weight is 326 g/mol. The molecular weight excluding hydrogens is 306 g/mol. The van der Waals surface area contributed by atoms with Crippen molar-refractivity contribution in [2.45, 2.75) is 50.1 Å². The first kappa shape index (κ1) is 13.2. The molecule has 104 valence electrons. The number of hydrogen-bond acceptors (Lipinski definition) is 2. The number of halogens is 1. The zero-order chi connectivity index (χ0) is 13.5. The summed E-state index contributed by atoms with van der Waals surface area (Å²) in [6.45, 7) is 0.532. The van der Waals surface area contributed by atoms with Gasteiger partial charge in [-0.05, 0) is 47.7 Å². The van der Waals surface area contributed by atoms with E-state index in [9.17, 15) is 4.79 Å². The van der Waals surface area contributed by atoms with Crippen LogP contribution in [-0.2, 0) is 0 Å². The maximum Gasteiger partial charge on any atom is 0.268 e. The van der Waals surface area contributed by atoms with Crippen molar-refractivity contribution in [3.8, 4) is 0 Å². The lowest BCUT2D eigenvalue weighted by atomic mass is 9.97. The van der Waals surface area contributed by atoms with Crippen molar-refractivity contribution in [3.05, 3.63) is 22.4 Å². The monoisotopic (exact) mass is 325 g/mol. The second-order valence-electron chi connectivity index (χ2n) is 5.83. The van der Waals surface area contributed by atoms with E-state index in [1.165, 1.54) is 12.8 Å². The zero-order valence-corrected chi connectivity index (χ0v) is 12.6. The van der Waals surface area contributed by atoms with E-state index in [4.69, 9.17) is 5.73 Å². The minimum absolute atomic E-state index is 0.0185. The number of amides is 1. The molecular formula is C14H20BrN3O. The quantitative estimate of drug-likeness (QED) is 0.893.